The van der Waals surface area contributed by atoms with Crippen molar-refractivity contribution in [3.63, 3.8) is 0 Å². The Hall–Kier alpha value is -1.73. The molecule has 0 bridgehead atoms. The van der Waals surface area contributed by atoms with Gasteiger partial charge in [0, 0.05) is 26.6 Å². The molecule has 0 aliphatic carbocycles. The lowest BCUT2D eigenvalue weighted by Gasteiger charge is -2.11. The van der Waals surface area contributed by atoms with Crippen LogP contribution in [-0.2, 0) is 16.0 Å². The molecular weight excluding hydrogens is 212 g/mol. The molecule has 16 heavy (non-hydrogen) atoms. The average Bonchev–Trinajstić information content (AvgIpc) is 2.64. The number of hydrogen-bond donors (Lipinski definition) is 0. The molecule has 0 saturated carbocycles. The van der Waals surface area contributed by atoms with Crippen molar-refractivity contribution >= 4 is 5.65 Å². The minimum atomic E-state index is -0.490. The molecule has 0 radical (unpaired) electrons. The Morgan fingerprint density at radius 3 is 2.81 bits per heavy atom. The minimum Gasteiger partial charge on any atom is -0.354 e. The first-order valence-corrected chi connectivity index (χ1v) is 4.71. The summed E-state index contributed by atoms with van der Waals surface area (Å²) in [6.45, 7) is 0.244. The van der Waals surface area contributed by atoms with Gasteiger partial charge in [-0.3, -0.25) is 4.98 Å². The second-order valence-electron chi connectivity index (χ2n) is 3.17. The Balaban J connectivity index is 2.38. The summed E-state index contributed by atoms with van der Waals surface area (Å²) in [7, 11) is 3.02. The summed E-state index contributed by atoms with van der Waals surface area (Å²) in [5.74, 6) is 0. The highest BCUT2D eigenvalue weighted by Gasteiger charge is 2.11. The highest BCUT2D eigenvalue weighted by atomic mass is 16.7. The highest BCUT2D eigenvalue weighted by Crippen LogP contribution is 1.96. The van der Waals surface area contributed by atoms with Crippen LogP contribution in [0.3, 0.4) is 0 Å². The standard InChI is InChI=1S/C9H12N4O3/c1-15-8(16-2)6-13-9(14)12-4-3-10-5-7(12)11-13/h3-5,8H,6H2,1-2H3. The number of rotatable bonds is 4. The first kappa shape index (κ1) is 10.8. The van der Waals surface area contributed by atoms with Gasteiger partial charge in [-0.25, -0.2) is 13.9 Å². The first-order valence-electron chi connectivity index (χ1n) is 4.71. The lowest BCUT2D eigenvalue weighted by molar-refractivity contribution is -0.113. The van der Waals surface area contributed by atoms with Crippen molar-refractivity contribution in [3.05, 3.63) is 29.1 Å². The highest BCUT2D eigenvalue weighted by molar-refractivity contribution is 5.31. The van der Waals surface area contributed by atoms with Gasteiger partial charge >= 0.3 is 5.69 Å². The van der Waals surface area contributed by atoms with Crippen molar-refractivity contribution in [2.75, 3.05) is 14.2 Å². The summed E-state index contributed by atoms with van der Waals surface area (Å²) in [6.07, 6.45) is 4.13. The Morgan fingerprint density at radius 2 is 2.19 bits per heavy atom. The van der Waals surface area contributed by atoms with Crippen LogP contribution in [0.2, 0.25) is 0 Å². The predicted octanol–water partition coefficient (Wildman–Crippen LogP) is -0.490. The molecule has 7 nitrogen and oxygen atoms in total. The van der Waals surface area contributed by atoms with Gasteiger partial charge in [0.15, 0.2) is 11.9 Å². The van der Waals surface area contributed by atoms with Crippen molar-refractivity contribution in [2.45, 2.75) is 12.8 Å². The van der Waals surface area contributed by atoms with Crippen molar-refractivity contribution in [1.29, 1.82) is 0 Å². The minimum absolute atomic E-state index is 0.239. The van der Waals surface area contributed by atoms with Crippen LogP contribution in [0.1, 0.15) is 0 Å². The van der Waals surface area contributed by atoms with E-state index in [2.05, 4.69) is 10.1 Å². The molecule has 86 valence electrons. The molecule has 2 aromatic heterocycles. The van der Waals surface area contributed by atoms with E-state index in [-0.39, 0.29) is 12.2 Å². The summed E-state index contributed by atoms with van der Waals surface area (Å²) in [6, 6.07) is 0. The topological polar surface area (TPSA) is 70.6 Å². The molecule has 7 heteroatoms. The molecule has 2 rings (SSSR count). The molecule has 0 N–H and O–H groups in total. The van der Waals surface area contributed by atoms with Gasteiger partial charge in [0.05, 0.1) is 12.7 Å². The van der Waals surface area contributed by atoms with E-state index in [1.165, 1.54) is 35.7 Å². The molecule has 2 heterocycles. The summed E-state index contributed by atoms with van der Waals surface area (Å²) < 4.78 is 12.7. The quantitative estimate of drug-likeness (QED) is 0.655. The summed E-state index contributed by atoms with van der Waals surface area (Å²) in [5, 5.41) is 4.09. The Bertz CT molecular complexity index is 529. The molecule has 2 aromatic rings. The zero-order valence-corrected chi connectivity index (χ0v) is 9.03. The van der Waals surface area contributed by atoms with Crippen LogP contribution in [-0.4, -0.2) is 39.7 Å². The van der Waals surface area contributed by atoms with E-state index < -0.39 is 6.29 Å². The number of nitrogens with zero attached hydrogens (tertiary/aromatic N) is 4. The summed E-state index contributed by atoms with van der Waals surface area (Å²) in [5.41, 5.74) is 0.259. The fourth-order valence-electron chi connectivity index (χ4n) is 1.39. The molecule has 0 aromatic carbocycles. The van der Waals surface area contributed by atoms with Gasteiger partial charge in [-0.1, -0.05) is 0 Å². The maximum absolute atomic E-state index is 11.8. The second-order valence-corrected chi connectivity index (χ2v) is 3.17. The van der Waals surface area contributed by atoms with Crippen molar-refractivity contribution in [1.82, 2.24) is 19.2 Å². The molecule has 0 unspecified atom stereocenters. The number of fused-ring (bicyclic) bond motifs is 1. The third kappa shape index (κ3) is 1.82. The van der Waals surface area contributed by atoms with Crippen LogP contribution < -0.4 is 5.69 Å². The van der Waals surface area contributed by atoms with E-state index in [1.54, 1.807) is 6.20 Å². The zero-order valence-electron chi connectivity index (χ0n) is 9.03. The SMILES string of the molecule is COC(Cn1nc2cnccn2c1=O)OC. The number of aromatic nitrogens is 4. The normalized spacial score (nSPS) is 11.4. The van der Waals surface area contributed by atoms with Crippen molar-refractivity contribution in [2.24, 2.45) is 0 Å². The smallest absolute Gasteiger partial charge is 0.350 e. The number of methoxy groups -OCH3 is 2. The second kappa shape index (κ2) is 4.42. The number of ether oxygens (including phenoxy) is 2. The van der Waals surface area contributed by atoms with E-state index in [0.29, 0.717) is 5.65 Å². The molecule has 0 aliphatic rings. The fourth-order valence-corrected chi connectivity index (χ4v) is 1.39. The van der Waals surface area contributed by atoms with Gasteiger partial charge < -0.3 is 9.47 Å². The number of hydrogen-bond acceptors (Lipinski definition) is 5. The van der Waals surface area contributed by atoms with Gasteiger partial charge in [0.25, 0.3) is 0 Å². The Morgan fingerprint density at radius 1 is 1.44 bits per heavy atom. The van der Waals surface area contributed by atoms with Crippen LogP contribution >= 0.6 is 0 Å². The van der Waals surface area contributed by atoms with Gasteiger partial charge in [0.1, 0.15) is 0 Å². The van der Waals surface area contributed by atoms with Crippen molar-refractivity contribution < 1.29 is 9.47 Å². The predicted molar refractivity (Wildman–Crippen MR) is 55.1 cm³/mol. The third-order valence-electron chi connectivity index (χ3n) is 2.24. The molecule has 0 saturated heterocycles. The van der Waals surface area contributed by atoms with Gasteiger partial charge in [0.2, 0.25) is 0 Å². The van der Waals surface area contributed by atoms with Gasteiger partial charge in [-0.2, -0.15) is 0 Å². The van der Waals surface area contributed by atoms with E-state index in [9.17, 15) is 4.79 Å². The van der Waals surface area contributed by atoms with Crippen LogP contribution in [0.15, 0.2) is 23.4 Å². The van der Waals surface area contributed by atoms with E-state index >= 15 is 0 Å². The van der Waals surface area contributed by atoms with E-state index in [0.717, 1.165) is 0 Å². The van der Waals surface area contributed by atoms with E-state index in [1.807, 2.05) is 0 Å². The zero-order chi connectivity index (χ0) is 11.5. The fraction of sp³-hybridized carbons (Fsp3) is 0.444. The van der Waals surface area contributed by atoms with Gasteiger partial charge in [-0.05, 0) is 0 Å². The largest absolute Gasteiger partial charge is 0.354 e. The lowest BCUT2D eigenvalue weighted by atomic mass is 10.6. The van der Waals surface area contributed by atoms with Crippen LogP contribution in [0.5, 0.6) is 0 Å². The molecule has 0 atom stereocenters. The van der Waals surface area contributed by atoms with Crippen LogP contribution in [0.4, 0.5) is 0 Å². The lowest BCUT2D eigenvalue weighted by Crippen LogP contribution is -2.29. The van der Waals surface area contributed by atoms with Crippen molar-refractivity contribution in [3.8, 4) is 0 Å². The Kier molecular flexibility index (Phi) is 2.97. The summed E-state index contributed by atoms with van der Waals surface area (Å²) in [4.78, 5) is 15.7. The molecule has 0 spiro atoms. The molecule has 0 aliphatic heterocycles. The first-order chi connectivity index (χ1) is 7.76. The molecular formula is C9H12N4O3. The van der Waals surface area contributed by atoms with E-state index in [4.69, 9.17) is 9.47 Å². The molecule has 0 amide bonds. The summed E-state index contributed by atoms with van der Waals surface area (Å²) >= 11 is 0. The van der Waals surface area contributed by atoms with Crippen LogP contribution in [0, 0.1) is 0 Å². The maximum atomic E-state index is 11.8. The average molecular weight is 224 g/mol. The molecule has 0 fully saturated rings. The van der Waals surface area contributed by atoms with Crippen LogP contribution in [0.25, 0.3) is 5.65 Å². The maximum Gasteiger partial charge on any atom is 0.350 e. The Labute approximate surface area is 91.2 Å². The third-order valence-corrected chi connectivity index (χ3v) is 2.24. The van der Waals surface area contributed by atoms with Gasteiger partial charge in [-0.15, -0.1) is 5.10 Å². The monoisotopic (exact) mass is 224 g/mol.